The van der Waals surface area contributed by atoms with E-state index in [1.807, 2.05) is 0 Å². The van der Waals surface area contributed by atoms with Gasteiger partial charge >= 0.3 is 0 Å². The zero-order valence-electron chi connectivity index (χ0n) is 10.6. The maximum Gasteiger partial charge on any atom is 0.240 e. The van der Waals surface area contributed by atoms with Crippen LogP contribution in [0.25, 0.3) is 0 Å². The van der Waals surface area contributed by atoms with Crippen molar-refractivity contribution in [1.82, 2.24) is 4.72 Å². The molecule has 0 atom stereocenters. The topological polar surface area (TPSA) is 72.2 Å². The van der Waals surface area contributed by atoms with Crippen LogP contribution in [-0.4, -0.2) is 15.0 Å². The average molecular weight is 268 g/mol. The number of anilines is 1. The van der Waals surface area contributed by atoms with E-state index in [1.54, 1.807) is 12.1 Å². The number of nitrogens with two attached hydrogens (primary N) is 1. The Morgan fingerprint density at radius 1 is 1.28 bits per heavy atom. The SMILES string of the molecule is CCCC1(CNS(=O)(=O)c2ccc(N)cc2)CC1. The highest BCUT2D eigenvalue weighted by atomic mass is 32.2. The first-order chi connectivity index (χ1) is 8.47. The van der Waals surface area contributed by atoms with Crippen molar-refractivity contribution < 1.29 is 8.42 Å². The molecule has 1 saturated carbocycles. The van der Waals surface area contributed by atoms with Crippen LogP contribution < -0.4 is 10.5 Å². The number of rotatable bonds is 6. The summed E-state index contributed by atoms with van der Waals surface area (Å²) in [4.78, 5) is 0.281. The molecule has 1 aliphatic carbocycles. The van der Waals surface area contributed by atoms with Crippen molar-refractivity contribution >= 4 is 15.7 Å². The Hall–Kier alpha value is -1.07. The van der Waals surface area contributed by atoms with Gasteiger partial charge in [-0.1, -0.05) is 13.3 Å². The van der Waals surface area contributed by atoms with Gasteiger partial charge in [0.25, 0.3) is 0 Å². The summed E-state index contributed by atoms with van der Waals surface area (Å²) in [5.41, 5.74) is 6.33. The van der Waals surface area contributed by atoms with Crippen LogP contribution in [0.1, 0.15) is 32.6 Å². The average Bonchev–Trinajstić information content (AvgIpc) is 3.08. The van der Waals surface area contributed by atoms with Gasteiger partial charge in [-0.25, -0.2) is 13.1 Å². The Morgan fingerprint density at radius 2 is 1.89 bits per heavy atom. The first-order valence-electron chi connectivity index (χ1n) is 6.33. The molecule has 0 bridgehead atoms. The molecule has 0 amide bonds. The van der Waals surface area contributed by atoms with E-state index >= 15 is 0 Å². The number of nitrogens with one attached hydrogen (secondary N) is 1. The Bertz CT molecular complexity index is 504. The molecule has 1 aliphatic rings. The second kappa shape index (κ2) is 4.90. The number of benzene rings is 1. The first-order valence-corrected chi connectivity index (χ1v) is 7.81. The summed E-state index contributed by atoms with van der Waals surface area (Å²) in [5, 5.41) is 0. The summed E-state index contributed by atoms with van der Waals surface area (Å²) < 4.78 is 26.9. The Labute approximate surface area is 109 Å². The smallest absolute Gasteiger partial charge is 0.240 e. The van der Waals surface area contributed by atoms with Gasteiger partial charge < -0.3 is 5.73 Å². The highest BCUT2D eigenvalue weighted by Gasteiger charge is 2.42. The minimum atomic E-state index is -3.39. The van der Waals surface area contributed by atoms with Crippen LogP contribution in [0.5, 0.6) is 0 Å². The summed E-state index contributed by atoms with van der Waals surface area (Å²) in [6.45, 7) is 2.68. The quantitative estimate of drug-likeness (QED) is 0.776. The molecule has 2 rings (SSSR count). The lowest BCUT2D eigenvalue weighted by Crippen LogP contribution is -2.30. The van der Waals surface area contributed by atoms with E-state index in [4.69, 9.17) is 5.73 Å². The standard InChI is InChI=1S/C13H20N2O2S/c1-2-7-13(8-9-13)10-15-18(16,17)12-5-3-11(14)4-6-12/h3-6,15H,2,7-10,14H2,1H3. The normalized spacial score (nSPS) is 17.6. The lowest BCUT2D eigenvalue weighted by atomic mass is 10.0. The van der Waals surface area contributed by atoms with Crippen LogP contribution >= 0.6 is 0 Å². The van der Waals surface area contributed by atoms with Crippen LogP contribution in [0.15, 0.2) is 29.2 Å². The highest BCUT2D eigenvalue weighted by Crippen LogP contribution is 2.49. The van der Waals surface area contributed by atoms with E-state index in [9.17, 15) is 8.42 Å². The lowest BCUT2D eigenvalue weighted by Gasteiger charge is -2.15. The molecule has 0 heterocycles. The number of hydrogen-bond acceptors (Lipinski definition) is 3. The molecule has 0 radical (unpaired) electrons. The summed E-state index contributed by atoms with van der Waals surface area (Å²) in [7, 11) is -3.39. The molecule has 1 fully saturated rings. The Balaban J connectivity index is 2.02. The van der Waals surface area contributed by atoms with Gasteiger partial charge in [0.15, 0.2) is 0 Å². The van der Waals surface area contributed by atoms with Crippen molar-refractivity contribution in [2.75, 3.05) is 12.3 Å². The molecule has 1 aromatic rings. The fourth-order valence-electron chi connectivity index (χ4n) is 2.20. The summed E-state index contributed by atoms with van der Waals surface area (Å²) in [5.74, 6) is 0. The third-order valence-electron chi connectivity index (χ3n) is 3.57. The summed E-state index contributed by atoms with van der Waals surface area (Å²) in [6, 6.07) is 6.29. The van der Waals surface area contributed by atoms with Crippen LogP contribution in [-0.2, 0) is 10.0 Å². The van der Waals surface area contributed by atoms with Gasteiger partial charge in [0.1, 0.15) is 0 Å². The fraction of sp³-hybridized carbons (Fsp3) is 0.538. The van der Waals surface area contributed by atoms with Crippen LogP contribution in [0.3, 0.4) is 0 Å². The van der Waals surface area contributed by atoms with Gasteiger partial charge in [-0.05, 0) is 48.9 Å². The monoisotopic (exact) mass is 268 g/mol. The molecule has 0 saturated heterocycles. The van der Waals surface area contributed by atoms with Crippen molar-refractivity contribution in [2.45, 2.75) is 37.5 Å². The first kappa shape index (κ1) is 13.4. The number of sulfonamides is 1. The van der Waals surface area contributed by atoms with E-state index in [0.29, 0.717) is 12.2 Å². The van der Waals surface area contributed by atoms with Gasteiger partial charge in [0.2, 0.25) is 10.0 Å². The molecule has 18 heavy (non-hydrogen) atoms. The molecular weight excluding hydrogens is 248 g/mol. The zero-order valence-corrected chi connectivity index (χ0v) is 11.5. The molecule has 0 aliphatic heterocycles. The number of nitrogen functional groups attached to an aromatic ring is 1. The van der Waals surface area contributed by atoms with Crippen molar-refractivity contribution in [3.63, 3.8) is 0 Å². The predicted molar refractivity (Wildman–Crippen MR) is 72.6 cm³/mol. The summed E-state index contributed by atoms with van der Waals surface area (Å²) >= 11 is 0. The van der Waals surface area contributed by atoms with Crippen LogP contribution in [0.4, 0.5) is 5.69 Å². The molecule has 5 heteroatoms. The van der Waals surface area contributed by atoms with E-state index in [2.05, 4.69) is 11.6 Å². The van der Waals surface area contributed by atoms with Crippen molar-refractivity contribution in [2.24, 2.45) is 5.41 Å². The van der Waals surface area contributed by atoms with Gasteiger partial charge in [-0.3, -0.25) is 0 Å². The minimum Gasteiger partial charge on any atom is -0.399 e. The highest BCUT2D eigenvalue weighted by molar-refractivity contribution is 7.89. The molecule has 0 spiro atoms. The maximum absolute atomic E-state index is 12.1. The van der Waals surface area contributed by atoms with Gasteiger partial charge in [-0.15, -0.1) is 0 Å². The Morgan fingerprint density at radius 3 is 2.39 bits per heavy atom. The third-order valence-corrected chi connectivity index (χ3v) is 4.98. The minimum absolute atomic E-state index is 0.218. The largest absolute Gasteiger partial charge is 0.399 e. The number of hydrogen-bond donors (Lipinski definition) is 2. The predicted octanol–water partition coefficient (Wildman–Crippen LogP) is 2.13. The fourth-order valence-corrected chi connectivity index (χ4v) is 3.36. The van der Waals surface area contributed by atoms with Gasteiger partial charge in [-0.2, -0.15) is 0 Å². The lowest BCUT2D eigenvalue weighted by molar-refractivity contribution is 0.449. The van der Waals surface area contributed by atoms with Crippen molar-refractivity contribution in [3.05, 3.63) is 24.3 Å². The second-order valence-electron chi connectivity index (χ2n) is 5.14. The second-order valence-corrected chi connectivity index (χ2v) is 6.91. The molecule has 1 aromatic carbocycles. The van der Waals surface area contributed by atoms with E-state index in [1.165, 1.54) is 12.1 Å². The van der Waals surface area contributed by atoms with Crippen LogP contribution in [0.2, 0.25) is 0 Å². The molecular formula is C13H20N2O2S. The Kier molecular flexibility index (Phi) is 3.64. The van der Waals surface area contributed by atoms with Gasteiger partial charge in [0, 0.05) is 12.2 Å². The molecule has 4 nitrogen and oxygen atoms in total. The molecule has 0 unspecified atom stereocenters. The molecule has 100 valence electrons. The molecule has 0 aromatic heterocycles. The summed E-state index contributed by atoms with van der Waals surface area (Å²) in [6.07, 6.45) is 4.46. The van der Waals surface area contributed by atoms with E-state index < -0.39 is 10.0 Å². The van der Waals surface area contributed by atoms with Crippen molar-refractivity contribution in [1.29, 1.82) is 0 Å². The van der Waals surface area contributed by atoms with Crippen molar-refractivity contribution in [3.8, 4) is 0 Å². The van der Waals surface area contributed by atoms with Gasteiger partial charge in [0.05, 0.1) is 4.90 Å². The zero-order chi connectivity index (χ0) is 13.2. The molecule has 3 N–H and O–H groups in total. The maximum atomic E-state index is 12.1. The van der Waals surface area contributed by atoms with Crippen LogP contribution in [0, 0.1) is 5.41 Å². The van der Waals surface area contributed by atoms with E-state index in [0.717, 1.165) is 25.7 Å². The third kappa shape index (κ3) is 3.03. The van der Waals surface area contributed by atoms with E-state index in [-0.39, 0.29) is 10.3 Å².